The fraction of sp³-hybridized carbons (Fsp3) is 0.333. The van der Waals surface area contributed by atoms with Crippen molar-refractivity contribution in [2.24, 2.45) is 0 Å². The van der Waals surface area contributed by atoms with Crippen LogP contribution >= 0.6 is 11.3 Å². The molecule has 0 amide bonds. The van der Waals surface area contributed by atoms with Crippen LogP contribution in [0.2, 0.25) is 0 Å². The number of rotatable bonds is 5. The molecule has 4 nitrogen and oxygen atoms in total. The Labute approximate surface area is 105 Å². The van der Waals surface area contributed by atoms with Crippen LogP contribution in [0.5, 0.6) is 0 Å². The highest BCUT2D eigenvalue weighted by atomic mass is 32.1. The van der Waals surface area contributed by atoms with Gasteiger partial charge in [-0.1, -0.05) is 6.07 Å². The number of thiophene rings is 1. The molecule has 5 heteroatoms. The summed E-state index contributed by atoms with van der Waals surface area (Å²) in [5.41, 5.74) is 0.902. The molecule has 0 aliphatic rings. The summed E-state index contributed by atoms with van der Waals surface area (Å²) in [5.74, 6) is 0.832. The Hall–Kier alpha value is -1.46. The van der Waals surface area contributed by atoms with E-state index in [2.05, 4.69) is 10.2 Å². The Bertz CT molecular complexity index is 441. The fourth-order valence-electron chi connectivity index (χ4n) is 1.51. The lowest BCUT2D eigenvalue weighted by Crippen LogP contribution is -2.20. The maximum Gasteiger partial charge on any atom is 0.151 e. The van der Waals surface area contributed by atoms with E-state index in [-0.39, 0.29) is 6.61 Å². The molecule has 17 heavy (non-hydrogen) atoms. The number of aliphatic hydroxyl groups is 1. The lowest BCUT2D eigenvalue weighted by Gasteiger charge is -2.16. The van der Waals surface area contributed by atoms with Crippen molar-refractivity contribution >= 4 is 17.2 Å². The van der Waals surface area contributed by atoms with Gasteiger partial charge in [0.2, 0.25) is 0 Å². The Balaban J connectivity index is 2.08. The topological polar surface area (TPSA) is 49.2 Å². The minimum Gasteiger partial charge on any atom is -0.396 e. The van der Waals surface area contributed by atoms with Crippen molar-refractivity contribution in [1.82, 2.24) is 10.2 Å². The summed E-state index contributed by atoms with van der Waals surface area (Å²) in [4.78, 5) is 3.11. The van der Waals surface area contributed by atoms with Crippen molar-refractivity contribution in [1.29, 1.82) is 0 Å². The van der Waals surface area contributed by atoms with Gasteiger partial charge in [0.1, 0.15) is 5.69 Å². The van der Waals surface area contributed by atoms with E-state index in [0.717, 1.165) is 29.4 Å². The van der Waals surface area contributed by atoms with Crippen LogP contribution in [0.15, 0.2) is 29.6 Å². The molecule has 2 aromatic rings. The molecule has 0 unspecified atom stereocenters. The van der Waals surface area contributed by atoms with E-state index in [9.17, 15) is 0 Å². The summed E-state index contributed by atoms with van der Waals surface area (Å²) in [5, 5.41) is 19.2. The first kappa shape index (κ1) is 12.0. The summed E-state index contributed by atoms with van der Waals surface area (Å²) < 4.78 is 0. The Kier molecular flexibility index (Phi) is 4.06. The minimum atomic E-state index is 0.199. The first-order valence-electron chi connectivity index (χ1n) is 5.51. The lowest BCUT2D eigenvalue weighted by atomic mass is 10.3. The molecular weight excluding hydrogens is 234 g/mol. The lowest BCUT2D eigenvalue weighted by molar-refractivity contribution is 0.290. The fourth-order valence-corrected chi connectivity index (χ4v) is 2.20. The van der Waals surface area contributed by atoms with Gasteiger partial charge in [-0.05, 0) is 30.0 Å². The third-order valence-corrected chi connectivity index (χ3v) is 3.36. The van der Waals surface area contributed by atoms with Gasteiger partial charge in [-0.2, -0.15) is 0 Å². The summed E-state index contributed by atoms with van der Waals surface area (Å²) in [6.07, 6.45) is 0.741. The SMILES string of the molecule is CN(CCCO)c1ccc(-c2cccs2)nn1. The first-order chi connectivity index (χ1) is 8.31. The van der Waals surface area contributed by atoms with Gasteiger partial charge in [-0.15, -0.1) is 21.5 Å². The zero-order chi connectivity index (χ0) is 12.1. The molecule has 0 aromatic carbocycles. The van der Waals surface area contributed by atoms with E-state index in [0.29, 0.717) is 0 Å². The quantitative estimate of drug-likeness (QED) is 0.880. The molecule has 0 saturated carbocycles. The van der Waals surface area contributed by atoms with E-state index in [1.165, 1.54) is 0 Å². The zero-order valence-corrected chi connectivity index (χ0v) is 10.5. The molecule has 0 aliphatic heterocycles. The summed E-state index contributed by atoms with van der Waals surface area (Å²) >= 11 is 1.65. The number of nitrogens with zero attached hydrogens (tertiary/aromatic N) is 3. The Morgan fingerprint density at radius 2 is 2.18 bits per heavy atom. The Morgan fingerprint density at radius 3 is 2.76 bits per heavy atom. The van der Waals surface area contributed by atoms with Crippen LogP contribution in [0.1, 0.15) is 6.42 Å². The van der Waals surface area contributed by atoms with Gasteiger partial charge in [0.05, 0.1) is 4.88 Å². The Morgan fingerprint density at radius 1 is 1.29 bits per heavy atom. The van der Waals surface area contributed by atoms with Gasteiger partial charge >= 0.3 is 0 Å². The van der Waals surface area contributed by atoms with Gasteiger partial charge in [0, 0.05) is 20.2 Å². The van der Waals surface area contributed by atoms with E-state index in [4.69, 9.17) is 5.11 Å². The zero-order valence-electron chi connectivity index (χ0n) is 9.71. The van der Waals surface area contributed by atoms with Gasteiger partial charge in [-0.3, -0.25) is 0 Å². The van der Waals surface area contributed by atoms with Crippen molar-refractivity contribution in [3.05, 3.63) is 29.6 Å². The maximum absolute atomic E-state index is 8.77. The van der Waals surface area contributed by atoms with Gasteiger partial charge < -0.3 is 10.0 Å². The van der Waals surface area contributed by atoms with Crippen LogP contribution in [-0.2, 0) is 0 Å². The smallest absolute Gasteiger partial charge is 0.151 e. The molecule has 0 bridgehead atoms. The second-order valence-electron chi connectivity index (χ2n) is 3.75. The highest BCUT2D eigenvalue weighted by Crippen LogP contribution is 2.22. The van der Waals surface area contributed by atoms with Crippen LogP contribution < -0.4 is 4.90 Å². The highest BCUT2D eigenvalue weighted by molar-refractivity contribution is 7.13. The van der Waals surface area contributed by atoms with Crippen molar-refractivity contribution in [2.75, 3.05) is 25.1 Å². The molecule has 0 spiro atoms. The van der Waals surface area contributed by atoms with Crippen LogP contribution in [0.25, 0.3) is 10.6 Å². The number of aromatic nitrogens is 2. The van der Waals surface area contributed by atoms with Crippen LogP contribution in [-0.4, -0.2) is 35.5 Å². The second-order valence-corrected chi connectivity index (χ2v) is 4.70. The van der Waals surface area contributed by atoms with E-state index in [1.807, 2.05) is 41.6 Å². The third kappa shape index (κ3) is 3.01. The normalized spacial score (nSPS) is 10.5. The number of aliphatic hydroxyl groups excluding tert-OH is 1. The molecule has 2 aromatic heterocycles. The molecule has 0 saturated heterocycles. The molecule has 0 radical (unpaired) electrons. The predicted molar refractivity (Wildman–Crippen MR) is 70.3 cm³/mol. The summed E-state index contributed by atoms with van der Waals surface area (Å²) in [6.45, 7) is 0.981. The number of hydrogen-bond acceptors (Lipinski definition) is 5. The minimum absolute atomic E-state index is 0.199. The van der Waals surface area contributed by atoms with Gasteiger partial charge in [-0.25, -0.2) is 0 Å². The molecule has 0 atom stereocenters. The van der Waals surface area contributed by atoms with Crippen LogP contribution in [0, 0.1) is 0 Å². The largest absolute Gasteiger partial charge is 0.396 e. The van der Waals surface area contributed by atoms with Crippen molar-refractivity contribution < 1.29 is 5.11 Å². The van der Waals surface area contributed by atoms with Crippen molar-refractivity contribution in [2.45, 2.75) is 6.42 Å². The highest BCUT2D eigenvalue weighted by Gasteiger charge is 2.05. The second kappa shape index (κ2) is 5.75. The average molecular weight is 249 g/mol. The first-order valence-corrected chi connectivity index (χ1v) is 6.39. The standard InChI is InChI=1S/C12H15N3OS/c1-15(7-3-8-16)12-6-5-10(13-14-12)11-4-2-9-17-11/h2,4-6,9,16H,3,7-8H2,1H3. The van der Waals surface area contributed by atoms with Gasteiger partial charge in [0.15, 0.2) is 5.82 Å². The van der Waals surface area contributed by atoms with Crippen molar-refractivity contribution in [3.63, 3.8) is 0 Å². The monoisotopic (exact) mass is 249 g/mol. The van der Waals surface area contributed by atoms with Crippen molar-refractivity contribution in [3.8, 4) is 10.6 Å². The maximum atomic E-state index is 8.77. The van der Waals surface area contributed by atoms with Crippen LogP contribution in [0.4, 0.5) is 5.82 Å². The van der Waals surface area contributed by atoms with E-state index < -0.39 is 0 Å². The summed E-state index contributed by atoms with van der Waals surface area (Å²) in [6, 6.07) is 7.97. The molecule has 0 aliphatic carbocycles. The molecule has 2 heterocycles. The van der Waals surface area contributed by atoms with Crippen LogP contribution in [0.3, 0.4) is 0 Å². The molecule has 1 N–H and O–H groups in total. The molecule has 0 fully saturated rings. The number of hydrogen-bond donors (Lipinski definition) is 1. The number of anilines is 1. The third-order valence-electron chi connectivity index (χ3n) is 2.47. The molecular formula is C12H15N3OS. The van der Waals surface area contributed by atoms with E-state index >= 15 is 0 Å². The molecule has 90 valence electrons. The predicted octanol–water partition coefficient (Wildman–Crippen LogP) is 2.02. The molecule has 2 rings (SSSR count). The van der Waals surface area contributed by atoms with Gasteiger partial charge in [0.25, 0.3) is 0 Å². The van der Waals surface area contributed by atoms with E-state index in [1.54, 1.807) is 11.3 Å². The summed E-state index contributed by atoms with van der Waals surface area (Å²) in [7, 11) is 1.95. The average Bonchev–Trinajstić information content (AvgIpc) is 2.90.